The molecular weight excluding hydrogens is 321 g/mol. The van der Waals surface area contributed by atoms with Crippen molar-refractivity contribution in [1.29, 1.82) is 0 Å². The van der Waals surface area contributed by atoms with E-state index in [1.54, 1.807) is 6.08 Å². The third-order valence-electron chi connectivity index (χ3n) is 4.82. The maximum absolute atomic E-state index is 15.3. The van der Waals surface area contributed by atoms with E-state index in [9.17, 15) is 9.90 Å². The zero-order valence-corrected chi connectivity index (χ0v) is 14.2. The zero-order chi connectivity index (χ0) is 17.9. The van der Waals surface area contributed by atoms with Crippen molar-refractivity contribution in [2.75, 3.05) is 13.7 Å². The SMILES string of the molecule is COC1(F)CC(c2ccccc2)=CC=C1NCC1=C(C(=O)O)CCC1. The molecule has 0 radical (unpaired) electrons. The topological polar surface area (TPSA) is 58.6 Å². The van der Waals surface area contributed by atoms with Crippen molar-refractivity contribution in [3.63, 3.8) is 0 Å². The minimum absolute atomic E-state index is 0.108. The van der Waals surface area contributed by atoms with E-state index in [1.807, 2.05) is 36.4 Å². The average molecular weight is 343 g/mol. The van der Waals surface area contributed by atoms with Crippen molar-refractivity contribution >= 4 is 11.5 Å². The van der Waals surface area contributed by atoms with E-state index in [2.05, 4.69) is 5.32 Å². The minimum Gasteiger partial charge on any atom is -0.478 e. The summed E-state index contributed by atoms with van der Waals surface area (Å²) in [6.45, 7) is 0.330. The summed E-state index contributed by atoms with van der Waals surface area (Å²) in [5.41, 5.74) is 3.44. The highest BCUT2D eigenvalue weighted by Gasteiger charge is 2.38. The average Bonchev–Trinajstić information content (AvgIpc) is 3.10. The number of carboxylic acids is 1. The highest BCUT2D eigenvalue weighted by atomic mass is 19.2. The lowest BCUT2D eigenvalue weighted by Crippen LogP contribution is -2.38. The number of allylic oxidation sites excluding steroid dienone is 2. The molecule has 2 aliphatic carbocycles. The molecule has 1 atom stereocenters. The Kier molecular flexibility index (Phi) is 5.04. The maximum Gasteiger partial charge on any atom is 0.331 e. The van der Waals surface area contributed by atoms with Crippen molar-refractivity contribution in [3.05, 3.63) is 64.9 Å². The molecule has 0 spiro atoms. The number of carboxylic acid groups (broad SMARTS) is 1. The Labute approximate surface area is 146 Å². The molecule has 2 N–H and O–H groups in total. The summed E-state index contributed by atoms with van der Waals surface area (Å²) in [4.78, 5) is 11.2. The molecule has 0 aromatic heterocycles. The second-order valence-corrected chi connectivity index (χ2v) is 6.34. The molecule has 1 unspecified atom stereocenters. The van der Waals surface area contributed by atoms with Gasteiger partial charge in [0.15, 0.2) is 0 Å². The largest absolute Gasteiger partial charge is 0.478 e. The van der Waals surface area contributed by atoms with Crippen LogP contribution in [0, 0.1) is 0 Å². The Bertz CT molecular complexity index is 751. The first-order chi connectivity index (χ1) is 12.0. The van der Waals surface area contributed by atoms with Crippen LogP contribution in [-0.4, -0.2) is 30.6 Å². The van der Waals surface area contributed by atoms with Crippen molar-refractivity contribution in [2.24, 2.45) is 0 Å². The van der Waals surface area contributed by atoms with E-state index in [1.165, 1.54) is 7.11 Å². The lowest BCUT2D eigenvalue weighted by Gasteiger charge is -2.31. The predicted molar refractivity (Wildman–Crippen MR) is 94.5 cm³/mol. The summed E-state index contributed by atoms with van der Waals surface area (Å²) >= 11 is 0. The van der Waals surface area contributed by atoms with Gasteiger partial charge in [-0.25, -0.2) is 9.18 Å². The monoisotopic (exact) mass is 343 g/mol. The van der Waals surface area contributed by atoms with Crippen LogP contribution in [0.1, 0.15) is 31.2 Å². The van der Waals surface area contributed by atoms with Gasteiger partial charge in [0.2, 0.25) is 0 Å². The number of alkyl halides is 1. The quantitative estimate of drug-likeness (QED) is 0.824. The molecule has 4 nitrogen and oxygen atoms in total. The summed E-state index contributed by atoms with van der Waals surface area (Å²) in [5.74, 6) is -2.82. The molecule has 25 heavy (non-hydrogen) atoms. The molecule has 0 saturated carbocycles. The van der Waals surface area contributed by atoms with Crippen LogP contribution in [-0.2, 0) is 9.53 Å². The Morgan fingerprint density at radius 2 is 2.04 bits per heavy atom. The smallest absolute Gasteiger partial charge is 0.331 e. The molecule has 0 saturated heterocycles. The number of aliphatic carboxylic acids is 1. The summed E-state index contributed by atoms with van der Waals surface area (Å²) in [6.07, 6.45) is 5.83. The lowest BCUT2D eigenvalue weighted by molar-refractivity contribution is -0.132. The van der Waals surface area contributed by atoms with Crippen LogP contribution in [0.4, 0.5) is 4.39 Å². The summed E-state index contributed by atoms with van der Waals surface area (Å²) in [7, 11) is 1.35. The zero-order valence-electron chi connectivity index (χ0n) is 14.2. The van der Waals surface area contributed by atoms with Gasteiger partial charge < -0.3 is 15.2 Å². The first-order valence-electron chi connectivity index (χ1n) is 8.42. The van der Waals surface area contributed by atoms with E-state index in [-0.39, 0.29) is 6.42 Å². The molecule has 3 rings (SSSR count). The Morgan fingerprint density at radius 1 is 1.28 bits per heavy atom. The van der Waals surface area contributed by atoms with Gasteiger partial charge in [-0.1, -0.05) is 36.4 Å². The molecule has 132 valence electrons. The Balaban J connectivity index is 1.80. The molecule has 1 aromatic carbocycles. The van der Waals surface area contributed by atoms with Gasteiger partial charge in [-0.15, -0.1) is 0 Å². The highest BCUT2D eigenvalue weighted by Crippen LogP contribution is 2.37. The van der Waals surface area contributed by atoms with E-state index >= 15 is 4.39 Å². The van der Waals surface area contributed by atoms with Gasteiger partial charge in [0, 0.05) is 25.6 Å². The highest BCUT2D eigenvalue weighted by molar-refractivity contribution is 5.88. The van der Waals surface area contributed by atoms with Crippen molar-refractivity contribution in [3.8, 4) is 0 Å². The van der Waals surface area contributed by atoms with E-state index in [0.717, 1.165) is 29.6 Å². The molecule has 0 heterocycles. The van der Waals surface area contributed by atoms with Gasteiger partial charge in [-0.3, -0.25) is 0 Å². The van der Waals surface area contributed by atoms with Gasteiger partial charge >= 0.3 is 5.97 Å². The number of rotatable bonds is 6. The van der Waals surface area contributed by atoms with E-state index < -0.39 is 11.8 Å². The van der Waals surface area contributed by atoms with Gasteiger partial charge in [-0.2, -0.15) is 0 Å². The van der Waals surface area contributed by atoms with Gasteiger partial charge in [-0.05, 0) is 42.0 Å². The molecule has 2 aliphatic rings. The van der Waals surface area contributed by atoms with Gasteiger partial charge in [0.1, 0.15) is 0 Å². The second kappa shape index (κ2) is 7.23. The number of hydrogen-bond donors (Lipinski definition) is 2. The van der Waals surface area contributed by atoms with Gasteiger partial charge in [0.25, 0.3) is 5.85 Å². The molecule has 1 aromatic rings. The molecule has 0 amide bonds. The molecule has 0 fully saturated rings. The third-order valence-corrected chi connectivity index (χ3v) is 4.82. The minimum atomic E-state index is -1.94. The van der Waals surface area contributed by atoms with Crippen LogP contribution in [0.15, 0.2) is 59.3 Å². The maximum atomic E-state index is 15.3. The summed E-state index contributed by atoms with van der Waals surface area (Å²) in [6, 6.07) is 9.64. The lowest BCUT2D eigenvalue weighted by atomic mass is 9.92. The predicted octanol–water partition coefficient (Wildman–Crippen LogP) is 3.82. The third kappa shape index (κ3) is 3.66. The van der Waals surface area contributed by atoms with Crippen LogP contribution in [0.25, 0.3) is 5.57 Å². The van der Waals surface area contributed by atoms with Crippen molar-refractivity contribution < 1.29 is 19.0 Å². The molecule has 5 heteroatoms. The van der Waals surface area contributed by atoms with E-state index in [0.29, 0.717) is 24.2 Å². The van der Waals surface area contributed by atoms with Crippen LogP contribution < -0.4 is 5.32 Å². The summed E-state index contributed by atoms with van der Waals surface area (Å²) < 4.78 is 20.5. The Hall–Kier alpha value is -2.40. The number of methoxy groups -OCH3 is 1. The molecular formula is C20H22FNO3. The number of ether oxygens (including phenoxy) is 1. The summed E-state index contributed by atoms with van der Waals surface area (Å²) in [5, 5.41) is 12.3. The standard InChI is InChI=1S/C20H22FNO3/c1-25-20(21)12-15(14-6-3-2-4-7-14)10-11-18(20)22-13-16-8-5-9-17(16)19(23)24/h2-4,6-7,10-11,22H,5,8-9,12-13H2,1H3,(H,23,24). The first kappa shape index (κ1) is 17.4. The normalized spacial score (nSPS) is 23.3. The van der Waals surface area contributed by atoms with Crippen LogP contribution in [0.5, 0.6) is 0 Å². The second-order valence-electron chi connectivity index (χ2n) is 6.34. The van der Waals surface area contributed by atoms with Crippen LogP contribution >= 0.6 is 0 Å². The number of benzene rings is 1. The fourth-order valence-corrected chi connectivity index (χ4v) is 3.39. The molecule has 0 aliphatic heterocycles. The van der Waals surface area contributed by atoms with Crippen molar-refractivity contribution in [1.82, 2.24) is 5.32 Å². The fraction of sp³-hybridized carbons (Fsp3) is 0.350. The number of nitrogens with one attached hydrogen (secondary N) is 1. The number of halogens is 1. The van der Waals surface area contributed by atoms with E-state index in [4.69, 9.17) is 4.74 Å². The fourth-order valence-electron chi connectivity index (χ4n) is 3.39. The van der Waals surface area contributed by atoms with Crippen LogP contribution in [0.2, 0.25) is 0 Å². The number of hydrogen-bond acceptors (Lipinski definition) is 3. The van der Waals surface area contributed by atoms with Gasteiger partial charge in [0.05, 0.1) is 5.70 Å². The van der Waals surface area contributed by atoms with Crippen molar-refractivity contribution in [2.45, 2.75) is 31.5 Å². The van der Waals surface area contributed by atoms with Crippen LogP contribution in [0.3, 0.4) is 0 Å². The first-order valence-corrected chi connectivity index (χ1v) is 8.42. The molecule has 0 bridgehead atoms. The Morgan fingerprint density at radius 3 is 2.72 bits per heavy atom. The number of carbonyl (C=O) groups is 1.